The van der Waals surface area contributed by atoms with E-state index in [-0.39, 0.29) is 29.5 Å². The van der Waals surface area contributed by atoms with E-state index in [1.165, 1.54) is 17.7 Å². The van der Waals surface area contributed by atoms with E-state index in [0.29, 0.717) is 19.6 Å². The van der Waals surface area contributed by atoms with Gasteiger partial charge in [-0.3, -0.25) is 14.6 Å². The molecule has 1 aromatic carbocycles. The monoisotopic (exact) mass is 437 g/mol. The van der Waals surface area contributed by atoms with Gasteiger partial charge in [-0.05, 0) is 74.4 Å². The van der Waals surface area contributed by atoms with Crippen molar-refractivity contribution in [2.24, 2.45) is 5.92 Å². The Morgan fingerprint density at radius 2 is 1.72 bits per heavy atom. The van der Waals surface area contributed by atoms with Gasteiger partial charge in [0.1, 0.15) is 5.82 Å². The molecule has 4 rings (SSSR count). The van der Waals surface area contributed by atoms with Crippen molar-refractivity contribution in [2.45, 2.75) is 51.9 Å². The minimum Gasteiger partial charge on any atom is -0.343 e. The summed E-state index contributed by atoms with van der Waals surface area (Å²) in [5.41, 5.74) is 4.25. The first-order chi connectivity index (χ1) is 15.4. The fourth-order valence-corrected chi connectivity index (χ4v) is 5.04. The van der Waals surface area contributed by atoms with Gasteiger partial charge >= 0.3 is 0 Å². The van der Waals surface area contributed by atoms with Gasteiger partial charge < -0.3 is 9.80 Å². The molecule has 2 aliphatic rings. The Labute approximate surface area is 189 Å². The first-order valence-corrected chi connectivity index (χ1v) is 11.7. The van der Waals surface area contributed by atoms with Crippen LogP contribution < -0.4 is 0 Å². The van der Waals surface area contributed by atoms with Crippen LogP contribution in [0.5, 0.6) is 0 Å². The summed E-state index contributed by atoms with van der Waals surface area (Å²) in [6.07, 6.45) is 4.25. The third kappa shape index (κ3) is 5.34. The Morgan fingerprint density at radius 1 is 1.00 bits per heavy atom. The summed E-state index contributed by atoms with van der Waals surface area (Å²) in [5, 5.41) is 0. The number of likely N-dealkylation sites (tertiary alicyclic amines) is 2. The zero-order valence-electron chi connectivity index (χ0n) is 19.0. The van der Waals surface area contributed by atoms with E-state index < -0.39 is 0 Å². The zero-order chi connectivity index (χ0) is 22.7. The van der Waals surface area contributed by atoms with Gasteiger partial charge in [0.05, 0.1) is 0 Å². The third-order valence-electron chi connectivity index (χ3n) is 6.80. The first kappa shape index (κ1) is 22.4. The molecule has 170 valence electrons. The smallest absolute Gasteiger partial charge is 0.225 e. The van der Waals surface area contributed by atoms with Crippen molar-refractivity contribution < 1.29 is 14.0 Å². The molecule has 6 heteroatoms. The van der Waals surface area contributed by atoms with Crippen molar-refractivity contribution in [3.63, 3.8) is 0 Å². The average Bonchev–Trinajstić information content (AvgIpc) is 2.80. The van der Waals surface area contributed by atoms with E-state index in [2.05, 4.69) is 12.1 Å². The quantitative estimate of drug-likeness (QED) is 0.724. The van der Waals surface area contributed by atoms with Crippen LogP contribution >= 0.6 is 0 Å². The average molecular weight is 438 g/mol. The summed E-state index contributed by atoms with van der Waals surface area (Å²) in [7, 11) is 0. The molecule has 2 aliphatic heterocycles. The van der Waals surface area contributed by atoms with Crippen molar-refractivity contribution >= 4 is 11.8 Å². The van der Waals surface area contributed by atoms with E-state index in [1.807, 2.05) is 28.9 Å². The van der Waals surface area contributed by atoms with Crippen molar-refractivity contribution in [1.29, 1.82) is 0 Å². The van der Waals surface area contributed by atoms with E-state index in [1.54, 1.807) is 6.92 Å². The Morgan fingerprint density at radius 3 is 2.41 bits per heavy atom. The number of rotatable bonds is 4. The molecule has 2 amide bonds. The van der Waals surface area contributed by atoms with Crippen molar-refractivity contribution in [1.82, 2.24) is 14.8 Å². The van der Waals surface area contributed by atoms with Crippen molar-refractivity contribution in [3.05, 3.63) is 64.7 Å². The second kappa shape index (κ2) is 9.80. The number of halogens is 1. The summed E-state index contributed by atoms with van der Waals surface area (Å²) >= 11 is 0. The maximum atomic E-state index is 13.2. The highest BCUT2D eigenvalue weighted by molar-refractivity contribution is 5.80. The van der Waals surface area contributed by atoms with E-state index in [4.69, 9.17) is 4.98 Å². The van der Waals surface area contributed by atoms with Crippen LogP contribution in [-0.2, 0) is 16.0 Å². The Bertz CT molecular complexity index is 968. The van der Waals surface area contributed by atoms with Crippen LogP contribution in [-0.4, -0.2) is 52.8 Å². The molecule has 2 aromatic rings. The predicted molar refractivity (Wildman–Crippen MR) is 122 cm³/mol. The molecule has 32 heavy (non-hydrogen) atoms. The summed E-state index contributed by atoms with van der Waals surface area (Å²) in [4.78, 5) is 33.4. The number of carbonyl (C=O) groups excluding carboxylic acids is 2. The lowest BCUT2D eigenvalue weighted by Crippen LogP contribution is -2.46. The molecule has 0 unspecified atom stereocenters. The summed E-state index contributed by atoms with van der Waals surface area (Å²) < 4.78 is 13.2. The molecule has 1 aromatic heterocycles. The Hall–Kier alpha value is -2.76. The highest BCUT2D eigenvalue weighted by Gasteiger charge is 2.32. The number of aromatic nitrogens is 1. The van der Waals surface area contributed by atoms with Crippen molar-refractivity contribution in [2.75, 3.05) is 26.2 Å². The van der Waals surface area contributed by atoms with Crippen LogP contribution in [0.3, 0.4) is 0 Å². The standard InChI is InChI=1S/C26H32FN3O2/c1-18-14-21(15-20-5-7-24(27)8-6-20)16-25(28-18)23-4-3-11-30(17-23)26(32)22-9-12-29(13-10-22)19(2)31/h5-8,14,16,22-23H,3-4,9-13,15,17H2,1-2H3/t23-/m0/s1. The second-order valence-electron chi connectivity index (χ2n) is 9.25. The largest absolute Gasteiger partial charge is 0.343 e. The fourth-order valence-electron chi connectivity index (χ4n) is 5.04. The molecule has 0 saturated carbocycles. The first-order valence-electron chi connectivity index (χ1n) is 11.7. The number of carbonyl (C=O) groups is 2. The van der Waals surface area contributed by atoms with Gasteiger partial charge in [0.2, 0.25) is 11.8 Å². The van der Waals surface area contributed by atoms with Crippen LogP contribution in [0.2, 0.25) is 0 Å². The van der Waals surface area contributed by atoms with Gasteiger partial charge in [-0.25, -0.2) is 4.39 Å². The van der Waals surface area contributed by atoms with Crippen molar-refractivity contribution in [3.8, 4) is 0 Å². The SMILES string of the molecule is CC(=O)N1CCC(C(=O)N2CCC[C@H](c3cc(Cc4ccc(F)cc4)cc(C)n3)C2)CC1. The molecule has 3 heterocycles. The maximum Gasteiger partial charge on any atom is 0.225 e. The molecule has 2 fully saturated rings. The molecule has 1 atom stereocenters. The van der Waals surface area contributed by atoms with Gasteiger partial charge in [-0.15, -0.1) is 0 Å². The van der Waals surface area contributed by atoms with Gasteiger partial charge in [-0.2, -0.15) is 0 Å². The summed E-state index contributed by atoms with van der Waals surface area (Å²) in [6.45, 7) is 6.46. The molecule has 5 nitrogen and oxygen atoms in total. The normalized spacial score (nSPS) is 19.8. The van der Waals surface area contributed by atoms with E-state index in [9.17, 15) is 14.0 Å². The zero-order valence-corrected chi connectivity index (χ0v) is 19.0. The number of aryl methyl sites for hydroxylation is 1. The predicted octanol–water partition coefficient (Wildman–Crippen LogP) is 4.08. The van der Waals surface area contributed by atoms with E-state index in [0.717, 1.165) is 55.6 Å². The lowest BCUT2D eigenvalue weighted by Gasteiger charge is -2.37. The molecule has 0 N–H and O–H groups in total. The summed E-state index contributed by atoms with van der Waals surface area (Å²) in [6, 6.07) is 10.9. The number of nitrogens with zero attached hydrogens (tertiary/aromatic N) is 3. The molecule has 2 saturated heterocycles. The molecule has 0 bridgehead atoms. The van der Waals surface area contributed by atoms with E-state index >= 15 is 0 Å². The van der Waals surface area contributed by atoms with Gasteiger partial charge in [0.25, 0.3) is 0 Å². The topological polar surface area (TPSA) is 53.5 Å². The molecule has 0 aliphatic carbocycles. The number of benzene rings is 1. The van der Waals surface area contributed by atoms with Gasteiger partial charge in [-0.1, -0.05) is 12.1 Å². The lowest BCUT2D eigenvalue weighted by atomic mass is 9.90. The highest BCUT2D eigenvalue weighted by atomic mass is 19.1. The molecular formula is C26H32FN3O2. The maximum absolute atomic E-state index is 13.2. The Kier molecular flexibility index (Phi) is 6.87. The van der Waals surface area contributed by atoms with Crippen LogP contribution in [0, 0.1) is 18.7 Å². The minimum absolute atomic E-state index is 0.0175. The minimum atomic E-state index is -0.223. The van der Waals surface area contributed by atoms with Crippen LogP contribution in [0.15, 0.2) is 36.4 Å². The Balaban J connectivity index is 1.42. The van der Waals surface area contributed by atoms with Crippen LogP contribution in [0.1, 0.15) is 61.0 Å². The van der Waals surface area contributed by atoms with Crippen LogP contribution in [0.25, 0.3) is 0 Å². The number of amides is 2. The van der Waals surface area contributed by atoms with Crippen LogP contribution in [0.4, 0.5) is 4.39 Å². The second-order valence-corrected chi connectivity index (χ2v) is 9.25. The van der Waals surface area contributed by atoms with Gasteiger partial charge in [0.15, 0.2) is 0 Å². The summed E-state index contributed by atoms with van der Waals surface area (Å²) in [5.74, 6) is 0.355. The molecule has 0 radical (unpaired) electrons. The van der Waals surface area contributed by atoms with Gasteiger partial charge in [0, 0.05) is 56.3 Å². The number of hydrogen-bond donors (Lipinski definition) is 0. The fraction of sp³-hybridized carbons (Fsp3) is 0.500. The lowest BCUT2D eigenvalue weighted by molar-refractivity contribution is -0.141. The molecular weight excluding hydrogens is 405 g/mol. The number of piperidine rings is 2. The third-order valence-corrected chi connectivity index (χ3v) is 6.80. The number of pyridine rings is 1. The highest BCUT2D eigenvalue weighted by Crippen LogP contribution is 2.29. The molecule has 0 spiro atoms. The number of hydrogen-bond acceptors (Lipinski definition) is 3.